The van der Waals surface area contributed by atoms with E-state index in [1.165, 1.54) is 23.9 Å². The number of carboxylic acids is 1. The number of non-ortho nitro benzene ring substituents is 1. The van der Waals surface area contributed by atoms with Crippen molar-refractivity contribution in [2.75, 3.05) is 0 Å². The van der Waals surface area contributed by atoms with Crippen LogP contribution < -0.4 is 0 Å². The Labute approximate surface area is 144 Å². The number of carbonyl (C=O) groups is 1. The fourth-order valence-electron chi connectivity index (χ4n) is 3.09. The maximum atomic E-state index is 11.4. The van der Waals surface area contributed by atoms with Gasteiger partial charge in [0.2, 0.25) is 0 Å². The third-order valence-electron chi connectivity index (χ3n) is 4.26. The molecule has 0 saturated carbocycles. The first kappa shape index (κ1) is 16.7. The number of rotatable bonds is 7. The van der Waals surface area contributed by atoms with Crippen LogP contribution in [-0.2, 0) is 13.0 Å². The summed E-state index contributed by atoms with van der Waals surface area (Å²) in [4.78, 5) is 22.3. The largest absolute Gasteiger partial charge is 0.478 e. The van der Waals surface area contributed by atoms with Gasteiger partial charge in [0.1, 0.15) is 5.52 Å². The summed E-state index contributed by atoms with van der Waals surface area (Å²) in [5.74, 6) is -1.08. The van der Waals surface area contributed by atoms with E-state index in [0.29, 0.717) is 17.4 Å². The van der Waals surface area contributed by atoms with Crippen molar-refractivity contribution in [1.82, 2.24) is 4.57 Å². The highest BCUT2D eigenvalue weighted by atomic mass is 16.6. The lowest BCUT2D eigenvalue weighted by molar-refractivity contribution is -0.383. The Morgan fingerprint density at radius 2 is 1.84 bits per heavy atom. The van der Waals surface area contributed by atoms with Gasteiger partial charge in [-0.1, -0.05) is 42.5 Å². The van der Waals surface area contributed by atoms with Gasteiger partial charge in [0, 0.05) is 24.2 Å². The molecule has 0 spiro atoms. The van der Waals surface area contributed by atoms with E-state index in [-0.39, 0.29) is 11.3 Å². The molecule has 0 amide bonds. The van der Waals surface area contributed by atoms with Crippen LogP contribution in [0.5, 0.6) is 0 Å². The molecule has 3 rings (SSSR count). The Bertz CT molecular complexity index is 916. The smallest absolute Gasteiger partial charge is 0.337 e. The van der Waals surface area contributed by atoms with E-state index < -0.39 is 10.9 Å². The highest BCUT2D eigenvalue weighted by Gasteiger charge is 2.21. The SMILES string of the molecule is O=C(O)c1cn(CCCCc2ccccc2)c2c([N+](=O)[O-])cccc12. The molecule has 3 aromatic rings. The number of nitro benzene ring substituents is 1. The number of para-hydroxylation sites is 1. The zero-order chi connectivity index (χ0) is 17.8. The number of hydrogen-bond donors (Lipinski definition) is 1. The summed E-state index contributed by atoms with van der Waals surface area (Å²) < 4.78 is 1.70. The number of nitrogens with zero attached hydrogens (tertiary/aromatic N) is 2. The van der Waals surface area contributed by atoms with Crippen molar-refractivity contribution < 1.29 is 14.8 Å². The molecule has 0 fully saturated rings. The highest BCUT2D eigenvalue weighted by Crippen LogP contribution is 2.30. The molecule has 0 unspecified atom stereocenters. The average molecular weight is 338 g/mol. The van der Waals surface area contributed by atoms with E-state index in [1.54, 1.807) is 10.6 Å². The van der Waals surface area contributed by atoms with Crippen LogP contribution in [0.3, 0.4) is 0 Å². The van der Waals surface area contributed by atoms with Gasteiger partial charge in [-0.15, -0.1) is 0 Å². The predicted octanol–water partition coefficient (Wildman–Crippen LogP) is 4.27. The average Bonchev–Trinajstić information content (AvgIpc) is 2.98. The second kappa shape index (κ2) is 7.17. The molecular formula is C19H18N2O4. The molecule has 2 aromatic carbocycles. The summed E-state index contributed by atoms with van der Waals surface area (Å²) in [5, 5.41) is 21.1. The van der Waals surface area contributed by atoms with E-state index in [9.17, 15) is 20.0 Å². The summed E-state index contributed by atoms with van der Waals surface area (Å²) in [6.07, 6.45) is 4.16. The zero-order valence-electron chi connectivity index (χ0n) is 13.6. The lowest BCUT2D eigenvalue weighted by atomic mass is 10.1. The monoisotopic (exact) mass is 338 g/mol. The Kier molecular flexibility index (Phi) is 4.79. The summed E-state index contributed by atoms with van der Waals surface area (Å²) in [5.41, 5.74) is 1.66. The minimum atomic E-state index is -1.08. The minimum Gasteiger partial charge on any atom is -0.478 e. The third-order valence-corrected chi connectivity index (χ3v) is 4.26. The summed E-state index contributed by atoms with van der Waals surface area (Å²) in [6.45, 7) is 0.543. The number of aromatic nitrogens is 1. The summed E-state index contributed by atoms with van der Waals surface area (Å²) in [6, 6.07) is 14.7. The van der Waals surface area contributed by atoms with Gasteiger partial charge in [-0.25, -0.2) is 4.79 Å². The molecule has 0 bridgehead atoms. The van der Waals surface area contributed by atoms with Gasteiger partial charge in [-0.2, -0.15) is 0 Å². The Morgan fingerprint density at radius 1 is 1.08 bits per heavy atom. The van der Waals surface area contributed by atoms with Crippen LogP contribution in [0.4, 0.5) is 5.69 Å². The first-order valence-electron chi connectivity index (χ1n) is 8.11. The van der Waals surface area contributed by atoms with Crippen molar-refractivity contribution in [1.29, 1.82) is 0 Å². The zero-order valence-corrected chi connectivity index (χ0v) is 13.6. The van der Waals surface area contributed by atoms with E-state index in [4.69, 9.17) is 0 Å². The third kappa shape index (κ3) is 3.52. The van der Waals surface area contributed by atoms with Crippen molar-refractivity contribution >= 4 is 22.6 Å². The Hall–Kier alpha value is -3.15. The lowest BCUT2D eigenvalue weighted by Crippen LogP contribution is -2.00. The second-order valence-electron chi connectivity index (χ2n) is 5.91. The fourth-order valence-corrected chi connectivity index (χ4v) is 3.09. The number of aromatic carboxylic acids is 1. The van der Waals surface area contributed by atoms with Crippen molar-refractivity contribution in [3.63, 3.8) is 0 Å². The fraction of sp³-hybridized carbons (Fsp3) is 0.211. The van der Waals surface area contributed by atoms with Gasteiger partial charge in [0.25, 0.3) is 5.69 Å². The van der Waals surface area contributed by atoms with Gasteiger partial charge in [-0.3, -0.25) is 10.1 Å². The van der Waals surface area contributed by atoms with Crippen LogP contribution in [0.1, 0.15) is 28.8 Å². The maximum absolute atomic E-state index is 11.4. The Morgan fingerprint density at radius 3 is 2.52 bits per heavy atom. The quantitative estimate of drug-likeness (QED) is 0.396. The van der Waals surface area contributed by atoms with Gasteiger partial charge >= 0.3 is 5.97 Å². The van der Waals surface area contributed by atoms with Gasteiger partial charge < -0.3 is 9.67 Å². The van der Waals surface area contributed by atoms with Crippen LogP contribution in [0.25, 0.3) is 10.9 Å². The van der Waals surface area contributed by atoms with Crippen LogP contribution in [-0.4, -0.2) is 20.6 Å². The van der Waals surface area contributed by atoms with E-state index in [0.717, 1.165) is 19.3 Å². The molecule has 25 heavy (non-hydrogen) atoms. The lowest BCUT2D eigenvalue weighted by Gasteiger charge is -2.06. The number of nitro groups is 1. The number of carboxylic acid groups (broad SMARTS) is 1. The highest BCUT2D eigenvalue weighted by molar-refractivity contribution is 6.05. The van der Waals surface area contributed by atoms with Crippen molar-refractivity contribution in [2.45, 2.75) is 25.8 Å². The molecule has 128 valence electrons. The number of fused-ring (bicyclic) bond motifs is 1. The molecule has 0 aliphatic rings. The Balaban J connectivity index is 1.82. The molecule has 1 aromatic heterocycles. The first-order valence-corrected chi connectivity index (χ1v) is 8.11. The molecule has 6 heteroatoms. The molecule has 6 nitrogen and oxygen atoms in total. The minimum absolute atomic E-state index is 0.0620. The van der Waals surface area contributed by atoms with Crippen LogP contribution in [0, 0.1) is 10.1 Å². The van der Waals surface area contributed by atoms with Crippen molar-refractivity contribution in [3.8, 4) is 0 Å². The molecule has 0 aliphatic heterocycles. The van der Waals surface area contributed by atoms with Gasteiger partial charge in [0.05, 0.1) is 10.5 Å². The number of unbranched alkanes of at least 4 members (excludes halogenated alkanes) is 1. The van der Waals surface area contributed by atoms with Gasteiger partial charge in [0.15, 0.2) is 0 Å². The molecule has 0 radical (unpaired) electrons. The van der Waals surface area contributed by atoms with E-state index >= 15 is 0 Å². The summed E-state index contributed by atoms with van der Waals surface area (Å²) in [7, 11) is 0. The van der Waals surface area contributed by atoms with E-state index in [1.807, 2.05) is 18.2 Å². The van der Waals surface area contributed by atoms with Crippen molar-refractivity contribution in [2.24, 2.45) is 0 Å². The molecule has 1 heterocycles. The van der Waals surface area contributed by atoms with Crippen molar-refractivity contribution in [3.05, 3.63) is 76.0 Å². The second-order valence-corrected chi connectivity index (χ2v) is 5.91. The molecule has 0 saturated heterocycles. The normalized spacial score (nSPS) is 10.9. The molecular weight excluding hydrogens is 320 g/mol. The molecule has 0 aliphatic carbocycles. The molecule has 1 N–H and O–H groups in total. The van der Waals surface area contributed by atoms with E-state index in [2.05, 4.69) is 12.1 Å². The van der Waals surface area contributed by atoms with Gasteiger partial charge in [-0.05, 0) is 24.8 Å². The topological polar surface area (TPSA) is 85.4 Å². The predicted molar refractivity (Wildman–Crippen MR) is 94.9 cm³/mol. The standard InChI is InChI=1S/C19H18N2O4/c22-19(23)16-13-20(12-5-4-9-14-7-2-1-3-8-14)18-15(16)10-6-11-17(18)21(24)25/h1-3,6-8,10-11,13H,4-5,9,12H2,(H,22,23). The molecule has 0 atom stereocenters. The number of benzene rings is 2. The van der Waals surface area contributed by atoms with Crippen LogP contribution in [0.2, 0.25) is 0 Å². The summed E-state index contributed by atoms with van der Waals surface area (Å²) >= 11 is 0. The first-order chi connectivity index (χ1) is 12.1. The number of hydrogen-bond acceptors (Lipinski definition) is 3. The number of aryl methyl sites for hydroxylation is 2. The van der Waals surface area contributed by atoms with Crippen LogP contribution in [0.15, 0.2) is 54.7 Å². The maximum Gasteiger partial charge on any atom is 0.337 e. The van der Waals surface area contributed by atoms with Crippen LogP contribution >= 0.6 is 0 Å².